The second-order valence-corrected chi connectivity index (χ2v) is 11.8. The molecule has 37 heavy (non-hydrogen) atoms. The fourth-order valence-electron chi connectivity index (χ4n) is 4.95. The Morgan fingerprint density at radius 1 is 1.14 bits per heavy atom. The Balaban J connectivity index is 1.36. The van der Waals surface area contributed by atoms with E-state index >= 15 is 0 Å². The van der Waals surface area contributed by atoms with Gasteiger partial charge in [-0.1, -0.05) is 35.3 Å². The summed E-state index contributed by atoms with van der Waals surface area (Å²) >= 11 is 12.6. The zero-order valence-corrected chi connectivity index (χ0v) is 21.9. The van der Waals surface area contributed by atoms with Crippen LogP contribution in [-0.4, -0.2) is 39.0 Å². The van der Waals surface area contributed by atoms with Gasteiger partial charge in [-0.2, -0.15) is 22.5 Å². The molecule has 1 fully saturated rings. The van der Waals surface area contributed by atoms with Crippen LogP contribution in [0.4, 0.5) is 11.6 Å². The van der Waals surface area contributed by atoms with Gasteiger partial charge < -0.3 is 5.32 Å². The molecule has 4 aromatic rings. The lowest BCUT2D eigenvalue weighted by atomic mass is 9.88. The molecule has 0 radical (unpaired) electrons. The van der Waals surface area contributed by atoms with Gasteiger partial charge >= 0.3 is 0 Å². The third kappa shape index (κ3) is 4.16. The topological polar surface area (TPSA) is 136 Å². The fraction of sp³-hybridized carbons (Fsp3) is 0.250. The number of nitrogens with one attached hydrogen (secondary N) is 1. The van der Waals surface area contributed by atoms with Crippen molar-refractivity contribution >= 4 is 55.9 Å². The quantitative estimate of drug-likeness (QED) is 0.391. The van der Waals surface area contributed by atoms with Crippen molar-refractivity contribution in [3.8, 4) is 5.69 Å². The maximum absolute atomic E-state index is 13.2. The molecule has 3 N–H and O–H groups in total. The lowest BCUT2D eigenvalue weighted by molar-refractivity contribution is 0.345. The maximum Gasteiger partial charge on any atom is 0.282 e. The number of anilines is 2. The van der Waals surface area contributed by atoms with Crippen LogP contribution in [0.15, 0.2) is 47.4 Å². The van der Waals surface area contributed by atoms with E-state index in [1.54, 1.807) is 25.1 Å². The van der Waals surface area contributed by atoms with E-state index in [9.17, 15) is 13.2 Å². The normalized spacial score (nSPS) is 16.6. The Kier molecular flexibility index (Phi) is 5.55. The molecule has 1 spiro atoms. The van der Waals surface area contributed by atoms with Crippen LogP contribution >= 0.6 is 23.2 Å². The highest BCUT2D eigenvalue weighted by Gasteiger charge is 2.50. The summed E-state index contributed by atoms with van der Waals surface area (Å²) < 4.78 is 26.6. The third-order valence-electron chi connectivity index (χ3n) is 6.93. The predicted molar refractivity (Wildman–Crippen MR) is 142 cm³/mol. The third-order valence-corrected chi connectivity index (χ3v) is 8.51. The molecule has 2 aromatic carbocycles. The number of rotatable bonds is 4. The summed E-state index contributed by atoms with van der Waals surface area (Å²) in [5.74, 6) is 0.269. The summed E-state index contributed by atoms with van der Waals surface area (Å²) in [6, 6.07) is 10.8. The zero-order valence-electron chi connectivity index (χ0n) is 19.6. The van der Waals surface area contributed by atoms with Gasteiger partial charge in [0.1, 0.15) is 11.2 Å². The SMILES string of the molecule is Cc1nn(-c2c(Cl)cccc2Cl)c(=O)c2cnc(Nc3ccc4c(c3)CN(S(N)(=O)=O)CC43CC3)nc12. The van der Waals surface area contributed by atoms with E-state index in [4.69, 9.17) is 28.3 Å². The van der Waals surface area contributed by atoms with E-state index in [2.05, 4.69) is 20.4 Å². The average Bonchev–Trinajstić information content (AvgIpc) is 3.61. The van der Waals surface area contributed by atoms with Gasteiger partial charge in [0.2, 0.25) is 5.95 Å². The molecule has 13 heteroatoms. The van der Waals surface area contributed by atoms with Gasteiger partial charge in [-0.05, 0) is 55.2 Å². The Hall–Kier alpha value is -3.09. The monoisotopic (exact) mass is 557 g/mol. The Morgan fingerprint density at radius 2 is 1.86 bits per heavy atom. The summed E-state index contributed by atoms with van der Waals surface area (Å²) in [5, 5.41) is 13.8. The molecule has 2 aromatic heterocycles. The lowest BCUT2D eigenvalue weighted by Gasteiger charge is -2.33. The second-order valence-electron chi connectivity index (χ2n) is 9.42. The fourth-order valence-corrected chi connectivity index (χ4v) is 6.25. The van der Waals surface area contributed by atoms with Crippen molar-refractivity contribution in [1.29, 1.82) is 0 Å². The van der Waals surface area contributed by atoms with Crippen molar-refractivity contribution in [2.45, 2.75) is 31.7 Å². The Morgan fingerprint density at radius 3 is 2.54 bits per heavy atom. The van der Waals surface area contributed by atoms with Gasteiger partial charge in [-0.15, -0.1) is 0 Å². The first-order valence-corrected chi connectivity index (χ1v) is 13.7. The molecule has 1 aliphatic carbocycles. The number of nitrogens with zero attached hydrogens (tertiary/aromatic N) is 5. The summed E-state index contributed by atoms with van der Waals surface area (Å²) in [5.41, 5.74) is 3.28. The van der Waals surface area contributed by atoms with Gasteiger partial charge in [-0.25, -0.2) is 15.1 Å². The van der Waals surface area contributed by atoms with Crippen molar-refractivity contribution in [1.82, 2.24) is 24.1 Å². The Labute approximate surface area is 222 Å². The molecule has 0 saturated heterocycles. The summed E-state index contributed by atoms with van der Waals surface area (Å²) in [7, 11) is -3.80. The molecule has 0 bridgehead atoms. The minimum atomic E-state index is -3.80. The molecule has 190 valence electrons. The molecule has 0 atom stereocenters. The number of hydrogen-bond donors (Lipinski definition) is 2. The molecule has 1 saturated carbocycles. The van der Waals surface area contributed by atoms with E-state index in [1.807, 2.05) is 18.2 Å². The smallest absolute Gasteiger partial charge is 0.282 e. The molecule has 10 nitrogen and oxygen atoms in total. The molecular formula is C24H21Cl2N7O3S. The molecule has 3 heterocycles. The van der Waals surface area contributed by atoms with Crippen molar-refractivity contribution in [2.24, 2.45) is 5.14 Å². The Bertz CT molecular complexity index is 1750. The van der Waals surface area contributed by atoms with Crippen LogP contribution < -0.4 is 16.0 Å². The number of benzene rings is 2. The minimum absolute atomic E-state index is 0.161. The molecule has 0 amide bonds. The standard InChI is InChI=1S/C24H21Cl2N7O3S/c1-13-20-16(22(34)33(31-13)21-18(25)3-2-4-19(21)26)10-28-23(30-20)29-15-5-6-17-14(9-15)11-32(37(27,35)36)12-24(17)7-8-24/h2-6,9-10H,7-8,11-12H2,1H3,(H2,27,35,36)(H,28,29,30). The summed E-state index contributed by atoms with van der Waals surface area (Å²) in [6.07, 6.45) is 3.29. The average molecular weight is 558 g/mol. The summed E-state index contributed by atoms with van der Waals surface area (Å²) in [6.45, 7) is 2.34. The molecule has 0 unspecified atom stereocenters. The van der Waals surface area contributed by atoms with Gasteiger partial charge in [0.15, 0.2) is 0 Å². The number of aryl methyl sites for hydroxylation is 1. The lowest BCUT2D eigenvalue weighted by Crippen LogP contribution is -2.44. The zero-order chi connectivity index (χ0) is 26.1. The van der Waals surface area contributed by atoms with Crippen molar-refractivity contribution in [3.63, 3.8) is 0 Å². The number of aromatic nitrogens is 4. The number of nitrogens with two attached hydrogens (primary N) is 1. The van der Waals surface area contributed by atoms with Crippen molar-refractivity contribution in [3.05, 3.63) is 79.8 Å². The predicted octanol–water partition coefficient (Wildman–Crippen LogP) is 3.59. The van der Waals surface area contributed by atoms with Gasteiger partial charge in [-0.3, -0.25) is 4.79 Å². The molecule has 2 aliphatic rings. The first-order valence-electron chi connectivity index (χ1n) is 11.5. The first-order chi connectivity index (χ1) is 17.6. The van der Waals surface area contributed by atoms with Crippen LogP contribution in [0.3, 0.4) is 0 Å². The number of halogens is 2. The second kappa shape index (κ2) is 8.47. The van der Waals surface area contributed by atoms with Gasteiger partial charge in [0, 0.05) is 30.4 Å². The van der Waals surface area contributed by atoms with Crippen LogP contribution in [0.2, 0.25) is 10.0 Å². The molecule has 1 aliphatic heterocycles. The van der Waals surface area contributed by atoms with Crippen molar-refractivity contribution in [2.75, 3.05) is 11.9 Å². The number of fused-ring (bicyclic) bond motifs is 3. The van der Waals surface area contributed by atoms with Crippen LogP contribution in [0.25, 0.3) is 16.6 Å². The molecule has 6 rings (SSSR count). The summed E-state index contributed by atoms with van der Waals surface area (Å²) in [4.78, 5) is 22.1. The van der Waals surface area contributed by atoms with Crippen LogP contribution in [0.1, 0.15) is 29.7 Å². The van der Waals surface area contributed by atoms with Crippen LogP contribution in [-0.2, 0) is 22.2 Å². The van der Waals surface area contributed by atoms with E-state index in [0.29, 0.717) is 39.2 Å². The van der Waals surface area contributed by atoms with Crippen LogP contribution in [0.5, 0.6) is 0 Å². The maximum atomic E-state index is 13.2. The number of hydrogen-bond acceptors (Lipinski definition) is 7. The highest BCUT2D eigenvalue weighted by molar-refractivity contribution is 7.86. The molecular weight excluding hydrogens is 537 g/mol. The minimum Gasteiger partial charge on any atom is -0.324 e. The first kappa shape index (κ1) is 24.3. The van der Waals surface area contributed by atoms with Gasteiger partial charge in [0.05, 0.1) is 21.1 Å². The largest absolute Gasteiger partial charge is 0.324 e. The van der Waals surface area contributed by atoms with Crippen LogP contribution in [0, 0.1) is 6.92 Å². The van der Waals surface area contributed by atoms with Gasteiger partial charge in [0.25, 0.3) is 15.8 Å². The highest BCUT2D eigenvalue weighted by atomic mass is 35.5. The van der Waals surface area contributed by atoms with E-state index in [-0.39, 0.29) is 23.3 Å². The van der Waals surface area contributed by atoms with Crippen molar-refractivity contribution < 1.29 is 8.42 Å². The van der Waals surface area contributed by atoms with E-state index in [1.165, 1.54) is 10.5 Å². The number of para-hydroxylation sites is 1. The van der Waals surface area contributed by atoms with E-state index < -0.39 is 15.8 Å². The van der Waals surface area contributed by atoms with E-state index in [0.717, 1.165) is 28.7 Å². The highest BCUT2D eigenvalue weighted by Crippen LogP contribution is 2.53.